The van der Waals surface area contributed by atoms with E-state index in [1.807, 2.05) is 29.5 Å². The summed E-state index contributed by atoms with van der Waals surface area (Å²) >= 11 is 0. The molecule has 6 nitrogen and oxygen atoms in total. The van der Waals surface area contributed by atoms with Gasteiger partial charge in [0.15, 0.2) is 5.78 Å². The van der Waals surface area contributed by atoms with Gasteiger partial charge in [-0.15, -0.1) is 0 Å². The van der Waals surface area contributed by atoms with Crippen molar-refractivity contribution in [3.63, 3.8) is 0 Å². The maximum Gasteiger partial charge on any atom is 0.274 e. The van der Waals surface area contributed by atoms with Gasteiger partial charge in [-0.1, -0.05) is 6.07 Å². The Bertz CT molecular complexity index is 789. The number of pyridine rings is 1. The third kappa shape index (κ3) is 2.25. The molecule has 1 unspecified atom stereocenters. The summed E-state index contributed by atoms with van der Waals surface area (Å²) in [6, 6.07) is 5.75. The van der Waals surface area contributed by atoms with Crippen LogP contribution in [0.5, 0.6) is 0 Å². The molecule has 6 heteroatoms. The second-order valence-electron chi connectivity index (χ2n) is 6.37. The van der Waals surface area contributed by atoms with Crippen molar-refractivity contribution in [1.82, 2.24) is 14.3 Å². The summed E-state index contributed by atoms with van der Waals surface area (Å²) in [5.74, 6) is -0.163. The van der Waals surface area contributed by atoms with Gasteiger partial charge in [-0.05, 0) is 31.9 Å². The van der Waals surface area contributed by atoms with Gasteiger partial charge in [0.2, 0.25) is 0 Å². The highest BCUT2D eigenvalue weighted by molar-refractivity contribution is 5.98. The third-order valence-electron chi connectivity index (χ3n) is 4.93. The Hall–Kier alpha value is -2.21. The molecule has 1 atom stereocenters. The van der Waals surface area contributed by atoms with Crippen LogP contribution in [0.1, 0.15) is 35.4 Å². The van der Waals surface area contributed by atoms with Crippen LogP contribution >= 0.6 is 0 Å². The smallest absolute Gasteiger partial charge is 0.274 e. The third-order valence-corrected chi connectivity index (χ3v) is 4.93. The molecule has 2 aliphatic heterocycles. The molecule has 1 spiro atoms. The van der Waals surface area contributed by atoms with Crippen molar-refractivity contribution >= 4 is 17.3 Å². The molecule has 0 bridgehead atoms. The molecule has 0 N–H and O–H groups in total. The van der Waals surface area contributed by atoms with E-state index >= 15 is 0 Å². The molecule has 2 fully saturated rings. The summed E-state index contributed by atoms with van der Waals surface area (Å²) in [6.07, 6.45) is 4.03. The lowest BCUT2D eigenvalue weighted by Gasteiger charge is -2.36. The van der Waals surface area contributed by atoms with Crippen molar-refractivity contribution in [2.24, 2.45) is 0 Å². The highest BCUT2D eigenvalue weighted by Gasteiger charge is 2.46. The largest absolute Gasteiger partial charge is 0.367 e. The summed E-state index contributed by atoms with van der Waals surface area (Å²) in [4.78, 5) is 31.1. The normalized spacial score (nSPS) is 24.7. The predicted octanol–water partition coefficient (Wildman–Crippen LogP) is 1.61. The fourth-order valence-corrected chi connectivity index (χ4v) is 3.55. The Balaban J connectivity index is 1.57. The second-order valence-corrected chi connectivity index (χ2v) is 6.37. The van der Waals surface area contributed by atoms with Crippen LogP contribution in [0.4, 0.5) is 0 Å². The number of carbonyl (C=O) groups excluding carboxylic acids is 2. The van der Waals surface area contributed by atoms with Crippen molar-refractivity contribution in [3.05, 3.63) is 35.8 Å². The first-order valence-electron chi connectivity index (χ1n) is 8.00. The molecule has 1 amide bonds. The molecular formula is C17H19N3O3. The standard InChI is InChI=1S/C17H19N3O3/c1-12-4-2-5-15-18-13(10-20(12)15)16(22)19-8-7-17(14(21)11-19)6-3-9-23-17/h2,4-5,10H,3,6-9,11H2,1H3. The van der Waals surface area contributed by atoms with Crippen LogP contribution in [-0.4, -0.2) is 51.3 Å². The van der Waals surface area contributed by atoms with E-state index in [0.29, 0.717) is 25.3 Å². The van der Waals surface area contributed by atoms with Crippen LogP contribution in [0, 0.1) is 6.92 Å². The van der Waals surface area contributed by atoms with E-state index in [0.717, 1.165) is 24.2 Å². The fourth-order valence-electron chi connectivity index (χ4n) is 3.55. The number of aryl methyl sites for hydroxylation is 1. The Morgan fingerprint density at radius 3 is 2.91 bits per heavy atom. The number of likely N-dealkylation sites (tertiary alicyclic amines) is 1. The molecule has 23 heavy (non-hydrogen) atoms. The number of ketones is 1. The minimum Gasteiger partial charge on any atom is -0.367 e. The zero-order valence-corrected chi connectivity index (χ0v) is 13.1. The second kappa shape index (κ2) is 5.16. The van der Waals surface area contributed by atoms with E-state index in [-0.39, 0.29) is 18.2 Å². The topological polar surface area (TPSA) is 63.9 Å². The van der Waals surface area contributed by atoms with Crippen LogP contribution in [0.2, 0.25) is 0 Å². The van der Waals surface area contributed by atoms with Gasteiger partial charge in [0.05, 0.1) is 6.54 Å². The van der Waals surface area contributed by atoms with Crippen molar-refractivity contribution in [2.75, 3.05) is 19.7 Å². The number of amides is 1. The summed E-state index contributed by atoms with van der Waals surface area (Å²) < 4.78 is 7.57. The number of rotatable bonds is 1. The number of nitrogens with zero attached hydrogens (tertiary/aromatic N) is 3. The van der Waals surface area contributed by atoms with Gasteiger partial charge in [0.1, 0.15) is 16.9 Å². The number of imidazole rings is 1. The molecule has 0 saturated carbocycles. The molecule has 2 saturated heterocycles. The van der Waals surface area contributed by atoms with Crippen LogP contribution in [0.25, 0.3) is 5.65 Å². The van der Waals surface area contributed by atoms with Gasteiger partial charge in [0, 0.05) is 31.5 Å². The zero-order chi connectivity index (χ0) is 16.0. The molecule has 4 heterocycles. The Morgan fingerprint density at radius 1 is 1.35 bits per heavy atom. The molecule has 0 aliphatic carbocycles. The lowest BCUT2D eigenvalue weighted by molar-refractivity contribution is -0.144. The minimum absolute atomic E-state index is 0.0227. The highest BCUT2D eigenvalue weighted by atomic mass is 16.5. The number of hydrogen-bond acceptors (Lipinski definition) is 4. The zero-order valence-electron chi connectivity index (χ0n) is 13.1. The van der Waals surface area contributed by atoms with Gasteiger partial charge in [-0.3, -0.25) is 9.59 Å². The number of hydrogen-bond donors (Lipinski definition) is 0. The first-order chi connectivity index (χ1) is 11.1. The van der Waals surface area contributed by atoms with E-state index in [1.165, 1.54) is 0 Å². The molecular weight excluding hydrogens is 294 g/mol. The van der Waals surface area contributed by atoms with E-state index < -0.39 is 5.60 Å². The summed E-state index contributed by atoms with van der Waals surface area (Å²) in [6.45, 7) is 3.27. The van der Waals surface area contributed by atoms with Gasteiger partial charge >= 0.3 is 0 Å². The lowest BCUT2D eigenvalue weighted by Crippen LogP contribution is -2.53. The number of Topliss-reactive ketones (excluding diaryl/α,β-unsaturated/α-hetero) is 1. The van der Waals surface area contributed by atoms with E-state index in [1.54, 1.807) is 11.1 Å². The van der Waals surface area contributed by atoms with Gasteiger partial charge in [0.25, 0.3) is 5.91 Å². The molecule has 2 aromatic rings. The van der Waals surface area contributed by atoms with Crippen LogP contribution in [-0.2, 0) is 9.53 Å². The van der Waals surface area contributed by atoms with Crippen molar-refractivity contribution in [3.8, 4) is 0 Å². The molecule has 4 rings (SSSR count). The van der Waals surface area contributed by atoms with Gasteiger partial charge < -0.3 is 14.0 Å². The highest BCUT2D eigenvalue weighted by Crippen LogP contribution is 2.33. The number of piperidine rings is 1. The molecule has 0 radical (unpaired) electrons. The van der Waals surface area contributed by atoms with E-state index in [9.17, 15) is 9.59 Å². The maximum absolute atomic E-state index is 12.7. The Labute approximate surface area is 134 Å². The van der Waals surface area contributed by atoms with Crippen LogP contribution < -0.4 is 0 Å². The van der Waals surface area contributed by atoms with E-state index in [2.05, 4.69) is 4.98 Å². The molecule has 0 aromatic carbocycles. The lowest BCUT2D eigenvalue weighted by atomic mass is 9.87. The SMILES string of the molecule is Cc1cccc2nc(C(=O)N3CCC4(CCCO4)C(=O)C3)cn12. The monoisotopic (exact) mass is 313 g/mol. The predicted molar refractivity (Wildman–Crippen MR) is 83.4 cm³/mol. The molecule has 120 valence electrons. The van der Waals surface area contributed by atoms with Crippen molar-refractivity contribution in [1.29, 1.82) is 0 Å². The van der Waals surface area contributed by atoms with E-state index in [4.69, 9.17) is 4.74 Å². The fraction of sp³-hybridized carbons (Fsp3) is 0.471. The van der Waals surface area contributed by atoms with Crippen molar-refractivity contribution < 1.29 is 14.3 Å². The average molecular weight is 313 g/mol. The van der Waals surface area contributed by atoms with Crippen molar-refractivity contribution in [2.45, 2.75) is 31.8 Å². The van der Waals surface area contributed by atoms with Crippen LogP contribution in [0.3, 0.4) is 0 Å². The quantitative estimate of drug-likeness (QED) is 0.802. The average Bonchev–Trinajstić information content (AvgIpc) is 3.18. The first kappa shape index (κ1) is 14.4. The maximum atomic E-state index is 12.7. The minimum atomic E-state index is -0.633. The number of aromatic nitrogens is 2. The number of fused-ring (bicyclic) bond motifs is 1. The summed E-state index contributed by atoms with van der Waals surface area (Å²) in [7, 11) is 0. The van der Waals surface area contributed by atoms with Gasteiger partial charge in [-0.25, -0.2) is 4.98 Å². The van der Waals surface area contributed by atoms with Crippen LogP contribution in [0.15, 0.2) is 24.4 Å². The number of ether oxygens (including phenoxy) is 1. The molecule has 2 aromatic heterocycles. The Kier molecular flexibility index (Phi) is 3.23. The first-order valence-corrected chi connectivity index (χ1v) is 8.00. The Morgan fingerprint density at radius 2 is 2.22 bits per heavy atom. The van der Waals surface area contributed by atoms with Gasteiger partial charge in [-0.2, -0.15) is 0 Å². The summed E-state index contributed by atoms with van der Waals surface area (Å²) in [5.41, 5.74) is 1.51. The molecule has 2 aliphatic rings. The summed E-state index contributed by atoms with van der Waals surface area (Å²) in [5, 5.41) is 0. The number of carbonyl (C=O) groups is 2.